The number of rotatable bonds is 3. The van der Waals surface area contributed by atoms with Crippen LogP contribution in [-0.2, 0) is 9.63 Å². The second-order valence-corrected chi connectivity index (χ2v) is 2.05. The lowest BCUT2D eigenvalue weighted by molar-refractivity contribution is -0.122. The first-order valence-corrected chi connectivity index (χ1v) is 3.31. The number of nitrogens with zero attached hydrogens (tertiary/aromatic N) is 4. The number of oxime groups is 1. The van der Waals surface area contributed by atoms with Crippen molar-refractivity contribution in [1.29, 1.82) is 10.5 Å². The quantitative estimate of drug-likeness (QED) is 0.332. The predicted molar refractivity (Wildman–Crippen MR) is 43.3 cm³/mol. The van der Waals surface area contributed by atoms with Crippen LogP contribution in [0.5, 0.6) is 0 Å². The van der Waals surface area contributed by atoms with E-state index in [2.05, 4.69) is 9.99 Å². The van der Waals surface area contributed by atoms with Crippen molar-refractivity contribution in [3.63, 3.8) is 0 Å². The van der Waals surface area contributed by atoms with Crippen LogP contribution in [0.3, 0.4) is 0 Å². The molecule has 0 saturated heterocycles. The van der Waals surface area contributed by atoms with Crippen LogP contribution in [0.15, 0.2) is 5.16 Å². The van der Waals surface area contributed by atoms with Crippen LogP contribution < -0.4 is 0 Å². The van der Waals surface area contributed by atoms with Gasteiger partial charge in [0.25, 0.3) is 5.91 Å². The van der Waals surface area contributed by atoms with E-state index in [1.165, 1.54) is 14.2 Å². The number of hydrogen-bond acceptors (Lipinski definition) is 5. The number of amides is 1. The van der Waals surface area contributed by atoms with Crippen LogP contribution >= 0.6 is 0 Å². The lowest BCUT2D eigenvalue weighted by Gasteiger charge is -2.09. The molecule has 0 radical (unpaired) electrons. The fraction of sp³-hybridized carbons (Fsp3) is 0.429. The van der Waals surface area contributed by atoms with E-state index in [1.54, 1.807) is 12.1 Å². The number of nitriles is 2. The van der Waals surface area contributed by atoms with Gasteiger partial charge in [0.1, 0.15) is 19.7 Å². The normalized spacial score (nSPS) is 9.69. The third kappa shape index (κ3) is 3.21. The second kappa shape index (κ2) is 5.56. The molecule has 0 spiro atoms. The molecule has 6 heteroatoms. The first-order chi connectivity index (χ1) is 6.17. The standard InChI is InChI=1S/C7H8N4O2/c1-11(4-3-8)7(12)6(5-9)10-13-2/h4H2,1-2H3/b10-6+. The molecular formula is C7H8N4O2. The molecule has 0 saturated carbocycles. The Morgan fingerprint density at radius 2 is 2.23 bits per heavy atom. The Hall–Kier alpha value is -2.08. The van der Waals surface area contributed by atoms with Crippen molar-refractivity contribution in [2.45, 2.75) is 0 Å². The minimum atomic E-state index is -0.633. The van der Waals surface area contributed by atoms with E-state index < -0.39 is 5.91 Å². The van der Waals surface area contributed by atoms with Crippen molar-refractivity contribution >= 4 is 11.6 Å². The third-order valence-electron chi connectivity index (χ3n) is 1.15. The summed E-state index contributed by atoms with van der Waals surface area (Å²) >= 11 is 0. The molecule has 0 N–H and O–H groups in total. The van der Waals surface area contributed by atoms with Gasteiger partial charge in [-0.2, -0.15) is 10.5 Å². The highest BCUT2D eigenvalue weighted by atomic mass is 16.6. The van der Waals surface area contributed by atoms with Gasteiger partial charge in [-0.05, 0) is 0 Å². The fourth-order valence-electron chi connectivity index (χ4n) is 0.557. The molecule has 0 aromatic heterocycles. The maximum absolute atomic E-state index is 11.2. The fourth-order valence-corrected chi connectivity index (χ4v) is 0.557. The maximum Gasteiger partial charge on any atom is 0.287 e. The largest absolute Gasteiger partial charge is 0.398 e. The SMILES string of the molecule is CO/N=C(\C#N)C(=O)N(C)CC#N. The molecular weight excluding hydrogens is 172 g/mol. The summed E-state index contributed by atoms with van der Waals surface area (Å²) in [5.74, 6) is -0.633. The van der Waals surface area contributed by atoms with Crippen LogP contribution in [0.25, 0.3) is 0 Å². The van der Waals surface area contributed by atoms with Gasteiger partial charge in [-0.1, -0.05) is 5.16 Å². The molecule has 0 unspecified atom stereocenters. The number of hydrogen-bond donors (Lipinski definition) is 0. The van der Waals surface area contributed by atoms with Gasteiger partial charge in [0.05, 0.1) is 6.07 Å². The lowest BCUT2D eigenvalue weighted by atomic mass is 10.3. The van der Waals surface area contributed by atoms with E-state index in [4.69, 9.17) is 10.5 Å². The average molecular weight is 180 g/mol. The molecule has 0 aliphatic heterocycles. The molecule has 13 heavy (non-hydrogen) atoms. The molecule has 0 bridgehead atoms. The first-order valence-electron chi connectivity index (χ1n) is 3.31. The molecule has 6 nitrogen and oxygen atoms in total. The molecule has 0 aromatic rings. The van der Waals surface area contributed by atoms with Crippen LogP contribution in [0.1, 0.15) is 0 Å². The molecule has 0 atom stereocenters. The van der Waals surface area contributed by atoms with E-state index in [-0.39, 0.29) is 12.3 Å². The molecule has 0 aliphatic rings. The lowest BCUT2D eigenvalue weighted by Crippen LogP contribution is -2.33. The topological polar surface area (TPSA) is 89.5 Å². The molecule has 0 heterocycles. The van der Waals surface area contributed by atoms with E-state index in [0.29, 0.717) is 0 Å². The highest BCUT2D eigenvalue weighted by Crippen LogP contribution is 1.88. The molecule has 0 aromatic carbocycles. The molecule has 68 valence electrons. The average Bonchev–Trinajstić information content (AvgIpc) is 2.13. The molecule has 0 rings (SSSR count). The molecule has 0 fully saturated rings. The van der Waals surface area contributed by atoms with Crippen molar-refractivity contribution in [2.24, 2.45) is 5.16 Å². The van der Waals surface area contributed by atoms with Crippen molar-refractivity contribution in [3.8, 4) is 12.1 Å². The number of carbonyl (C=O) groups is 1. The minimum absolute atomic E-state index is 0.0940. The Bertz CT molecular complexity index is 297. The maximum atomic E-state index is 11.2. The molecule has 1 amide bonds. The summed E-state index contributed by atoms with van der Waals surface area (Å²) in [6, 6.07) is 3.34. The van der Waals surface area contributed by atoms with E-state index >= 15 is 0 Å². The Labute approximate surface area is 75.6 Å². The third-order valence-corrected chi connectivity index (χ3v) is 1.15. The Balaban J connectivity index is 4.51. The Morgan fingerprint density at radius 3 is 2.62 bits per heavy atom. The minimum Gasteiger partial charge on any atom is -0.398 e. The van der Waals surface area contributed by atoms with Gasteiger partial charge >= 0.3 is 0 Å². The first kappa shape index (κ1) is 10.9. The summed E-state index contributed by atoms with van der Waals surface area (Å²) in [6.07, 6.45) is 0. The van der Waals surface area contributed by atoms with Crippen molar-refractivity contribution < 1.29 is 9.63 Å². The Morgan fingerprint density at radius 1 is 1.62 bits per heavy atom. The van der Waals surface area contributed by atoms with Gasteiger partial charge in [0, 0.05) is 7.05 Å². The summed E-state index contributed by atoms with van der Waals surface area (Å²) in [5, 5.41) is 19.9. The van der Waals surface area contributed by atoms with Crippen LogP contribution in [0, 0.1) is 22.7 Å². The van der Waals surface area contributed by atoms with Gasteiger partial charge in [0.15, 0.2) is 0 Å². The van der Waals surface area contributed by atoms with Gasteiger partial charge in [-0.15, -0.1) is 0 Å². The van der Waals surface area contributed by atoms with Crippen LogP contribution in [0.4, 0.5) is 0 Å². The monoisotopic (exact) mass is 180 g/mol. The van der Waals surface area contributed by atoms with Crippen LogP contribution in [0.2, 0.25) is 0 Å². The predicted octanol–water partition coefficient (Wildman–Crippen LogP) is -0.506. The zero-order valence-corrected chi connectivity index (χ0v) is 7.31. The van der Waals surface area contributed by atoms with Gasteiger partial charge in [-0.25, -0.2) is 0 Å². The summed E-state index contributed by atoms with van der Waals surface area (Å²) in [4.78, 5) is 16.5. The van der Waals surface area contributed by atoms with Gasteiger partial charge in [-0.3, -0.25) is 4.79 Å². The second-order valence-electron chi connectivity index (χ2n) is 2.05. The smallest absolute Gasteiger partial charge is 0.287 e. The van der Waals surface area contributed by atoms with Gasteiger partial charge < -0.3 is 9.74 Å². The highest BCUT2D eigenvalue weighted by molar-refractivity contribution is 6.44. The Kier molecular flexibility index (Phi) is 4.67. The summed E-state index contributed by atoms with van der Waals surface area (Å²) in [7, 11) is 2.63. The van der Waals surface area contributed by atoms with Crippen molar-refractivity contribution in [2.75, 3.05) is 20.7 Å². The molecule has 0 aliphatic carbocycles. The highest BCUT2D eigenvalue weighted by Gasteiger charge is 2.16. The zero-order valence-electron chi connectivity index (χ0n) is 7.31. The summed E-state index contributed by atoms with van der Waals surface area (Å²) in [6.45, 7) is -0.0940. The van der Waals surface area contributed by atoms with Crippen molar-refractivity contribution in [1.82, 2.24) is 4.90 Å². The van der Waals surface area contributed by atoms with Gasteiger partial charge in [0.2, 0.25) is 5.71 Å². The summed E-state index contributed by atoms with van der Waals surface area (Å²) < 4.78 is 0. The van der Waals surface area contributed by atoms with E-state index in [1.807, 2.05) is 0 Å². The van der Waals surface area contributed by atoms with Crippen LogP contribution in [-0.4, -0.2) is 37.2 Å². The number of carbonyl (C=O) groups excluding carboxylic acids is 1. The zero-order chi connectivity index (χ0) is 10.3. The van der Waals surface area contributed by atoms with E-state index in [0.717, 1.165) is 4.90 Å². The summed E-state index contributed by atoms with van der Waals surface area (Å²) in [5.41, 5.74) is -0.375. The van der Waals surface area contributed by atoms with Crippen molar-refractivity contribution in [3.05, 3.63) is 0 Å². The van der Waals surface area contributed by atoms with E-state index in [9.17, 15) is 4.79 Å².